The number of hydrogen-bond acceptors (Lipinski definition) is 4. The number of furan rings is 1. The number of halogens is 2. The molecule has 0 spiro atoms. The second kappa shape index (κ2) is 7.31. The zero-order valence-corrected chi connectivity index (χ0v) is 13.7. The van der Waals surface area contributed by atoms with Crippen molar-refractivity contribution in [2.75, 3.05) is 6.54 Å². The van der Waals surface area contributed by atoms with Gasteiger partial charge in [-0.3, -0.25) is 9.59 Å². The number of hydrogen-bond donors (Lipinski definition) is 1. The number of nitrogens with one attached hydrogen (secondary N) is 1. The topological polar surface area (TPSA) is 77.1 Å². The summed E-state index contributed by atoms with van der Waals surface area (Å²) in [5.74, 6) is -0.442. The number of nitrogens with zero attached hydrogens (tertiary/aromatic N) is 2. The molecule has 2 heterocycles. The third-order valence-electron chi connectivity index (χ3n) is 3.43. The van der Waals surface area contributed by atoms with Crippen molar-refractivity contribution in [3.05, 3.63) is 75.5 Å². The lowest BCUT2D eigenvalue weighted by Crippen LogP contribution is -2.32. The molecule has 1 N–H and O–H groups in total. The maximum atomic E-state index is 13.0. The van der Waals surface area contributed by atoms with Crippen LogP contribution in [0.1, 0.15) is 10.4 Å². The Bertz CT molecular complexity index is 954. The van der Waals surface area contributed by atoms with Crippen molar-refractivity contribution < 1.29 is 13.6 Å². The molecular weight excluding hydrogens is 349 g/mol. The summed E-state index contributed by atoms with van der Waals surface area (Å²) in [6.07, 6.45) is 1.51. The molecule has 0 aliphatic carbocycles. The van der Waals surface area contributed by atoms with Gasteiger partial charge in [0.25, 0.3) is 11.5 Å². The lowest BCUT2D eigenvalue weighted by atomic mass is 10.2. The van der Waals surface area contributed by atoms with E-state index in [-0.39, 0.29) is 29.2 Å². The van der Waals surface area contributed by atoms with Crippen LogP contribution in [0.2, 0.25) is 5.02 Å². The predicted molar refractivity (Wildman–Crippen MR) is 89.9 cm³/mol. The fourth-order valence-corrected chi connectivity index (χ4v) is 2.46. The van der Waals surface area contributed by atoms with Gasteiger partial charge < -0.3 is 9.73 Å². The molecule has 128 valence electrons. The van der Waals surface area contributed by atoms with Crippen LogP contribution in [-0.2, 0) is 6.54 Å². The lowest BCUT2D eigenvalue weighted by molar-refractivity contribution is 0.0952. The summed E-state index contributed by atoms with van der Waals surface area (Å²) in [6, 6.07) is 9.91. The van der Waals surface area contributed by atoms with Crippen LogP contribution in [0.5, 0.6) is 0 Å². The van der Waals surface area contributed by atoms with Crippen LogP contribution in [0.15, 0.2) is 57.9 Å². The number of benzene rings is 1. The first-order valence-electron chi connectivity index (χ1n) is 7.40. The maximum absolute atomic E-state index is 13.0. The molecule has 0 unspecified atom stereocenters. The number of aromatic nitrogens is 2. The first kappa shape index (κ1) is 16.9. The SMILES string of the molecule is O=C(NCCn1nc(-c2ccco2)ccc1=O)c1ccc(F)cc1Cl. The van der Waals surface area contributed by atoms with Crippen molar-refractivity contribution in [1.29, 1.82) is 0 Å². The normalized spacial score (nSPS) is 10.6. The fourth-order valence-electron chi connectivity index (χ4n) is 2.21. The highest BCUT2D eigenvalue weighted by molar-refractivity contribution is 6.33. The van der Waals surface area contributed by atoms with E-state index in [0.29, 0.717) is 11.5 Å². The summed E-state index contributed by atoms with van der Waals surface area (Å²) in [5, 5.41) is 6.84. The fraction of sp³-hybridized carbons (Fsp3) is 0.118. The largest absolute Gasteiger partial charge is 0.463 e. The van der Waals surface area contributed by atoms with Crippen LogP contribution in [0.25, 0.3) is 11.5 Å². The van der Waals surface area contributed by atoms with Crippen molar-refractivity contribution in [2.45, 2.75) is 6.54 Å². The van der Waals surface area contributed by atoms with E-state index in [4.69, 9.17) is 16.0 Å². The minimum atomic E-state index is -0.521. The summed E-state index contributed by atoms with van der Waals surface area (Å²) < 4.78 is 19.5. The third kappa shape index (κ3) is 3.95. The van der Waals surface area contributed by atoms with E-state index in [2.05, 4.69) is 10.4 Å². The van der Waals surface area contributed by atoms with Crippen molar-refractivity contribution in [3.8, 4) is 11.5 Å². The van der Waals surface area contributed by atoms with Gasteiger partial charge in [0, 0.05) is 12.6 Å². The van der Waals surface area contributed by atoms with Crippen LogP contribution in [0, 0.1) is 5.82 Å². The predicted octanol–water partition coefficient (Wildman–Crippen LogP) is 2.73. The molecule has 8 heteroatoms. The van der Waals surface area contributed by atoms with Crippen molar-refractivity contribution in [3.63, 3.8) is 0 Å². The van der Waals surface area contributed by atoms with E-state index in [1.807, 2.05) is 0 Å². The van der Waals surface area contributed by atoms with Crippen molar-refractivity contribution in [2.24, 2.45) is 0 Å². The van der Waals surface area contributed by atoms with Crippen LogP contribution < -0.4 is 10.9 Å². The van der Waals surface area contributed by atoms with E-state index >= 15 is 0 Å². The van der Waals surface area contributed by atoms with Crippen LogP contribution in [0.4, 0.5) is 4.39 Å². The zero-order chi connectivity index (χ0) is 17.8. The second-order valence-corrected chi connectivity index (χ2v) is 5.54. The lowest BCUT2D eigenvalue weighted by Gasteiger charge is -2.08. The molecule has 0 aliphatic heterocycles. The van der Waals surface area contributed by atoms with Crippen molar-refractivity contribution in [1.82, 2.24) is 15.1 Å². The molecule has 1 amide bonds. The van der Waals surface area contributed by atoms with Gasteiger partial charge >= 0.3 is 0 Å². The van der Waals surface area contributed by atoms with Gasteiger partial charge in [-0.25, -0.2) is 9.07 Å². The molecule has 0 fully saturated rings. The van der Waals surface area contributed by atoms with Gasteiger partial charge in [-0.2, -0.15) is 5.10 Å². The first-order chi connectivity index (χ1) is 12.0. The van der Waals surface area contributed by atoms with Gasteiger partial charge in [0.05, 0.1) is 23.4 Å². The molecule has 6 nitrogen and oxygen atoms in total. The van der Waals surface area contributed by atoms with E-state index in [0.717, 1.165) is 12.1 Å². The number of amides is 1. The average Bonchev–Trinajstić information content (AvgIpc) is 3.11. The summed E-state index contributed by atoms with van der Waals surface area (Å²) in [5.41, 5.74) is 0.370. The second-order valence-electron chi connectivity index (χ2n) is 5.14. The quantitative estimate of drug-likeness (QED) is 0.758. The molecule has 2 aromatic heterocycles. The molecule has 25 heavy (non-hydrogen) atoms. The van der Waals surface area contributed by atoms with Crippen molar-refractivity contribution >= 4 is 17.5 Å². The Morgan fingerprint density at radius 3 is 2.84 bits per heavy atom. The Morgan fingerprint density at radius 1 is 1.28 bits per heavy atom. The highest BCUT2D eigenvalue weighted by atomic mass is 35.5. The van der Waals surface area contributed by atoms with E-state index < -0.39 is 11.7 Å². The van der Waals surface area contributed by atoms with E-state index in [1.54, 1.807) is 18.2 Å². The molecule has 0 atom stereocenters. The minimum Gasteiger partial charge on any atom is -0.463 e. The van der Waals surface area contributed by atoms with Crippen LogP contribution in [0.3, 0.4) is 0 Å². The number of carbonyl (C=O) groups excluding carboxylic acids is 1. The van der Waals surface area contributed by atoms with Gasteiger partial charge in [0.1, 0.15) is 11.5 Å². The minimum absolute atomic E-state index is 0.0209. The molecule has 0 aliphatic rings. The Balaban J connectivity index is 1.67. The highest BCUT2D eigenvalue weighted by Crippen LogP contribution is 2.17. The molecule has 1 aromatic carbocycles. The molecular formula is C17H13ClFN3O3. The third-order valence-corrected chi connectivity index (χ3v) is 3.74. The van der Waals surface area contributed by atoms with Gasteiger partial charge in [-0.1, -0.05) is 11.6 Å². The van der Waals surface area contributed by atoms with Crippen LogP contribution >= 0.6 is 11.6 Å². The van der Waals surface area contributed by atoms with Gasteiger partial charge in [0.15, 0.2) is 5.76 Å². The maximum Gasteiger partial charge on any atom is 0.266 e. The van der Waals surface area contributed by atoms with Crippen LogP contribution in [-0.4, -0.2) is 22.2 Å². The average molecular weight is 362 g/mol. The molecule has 0 bridgehead atoms. The highest BCUT2D eigenvalue weighted by Gasteiger charge is 2.11. The molecule has 0 radical (unpaired) electrons. The Kier molecular flexibility index (Phi) is 4.95. The molecule has 0 saturated heterocycles. The number of rotatable bonds is 5. The van der Waals surface area contributed by atoms with E-state index in [9.17, 15) is 14.0 Å². The Morgan fingerprint density at radius 2 is 2.12 bits per heavy atom. The van der Waals surface area contributed by atoms with Gasteiger partial charge in [-0.05, 0) is 36.4 Å². The Labute approximate surface area is 146 Å². The summed E-state index contributed by atoms with van der Waals surface area (Å²) in [4.78, 5) is 23.9. The smallest absolute Gasteiger partial charge is 0.266 e. The number of carbonyl (C=O) groups is 1. The van der Waals surface area contributed by atoms with E-state index in [1.165, 1.54) is 23.1 Å². The summed E-state index contributed by atoms with van der Waals surface area (Å²) in [7, 11) is 0. The Hall–Kier alpha value is -2.93. The van der Waals surface area contributed by atoms with Gasteiger partial charge in [0.2, 0.25) is 0 Å². The zero-order valence-electron chi connectivity index (χ0n) is 12.9. The molecule has 0 saturated carbocycles. The van der Waals surface area contributed by atoms with Gasteiger partial charge in [-0.15, -0.1) is 0 Å². The summed E-state index contributed by atoms with van der Waals surface area (Å²) in [6.45, 7) is 0.318. The first-order valence-corrected chi connectivity index (χ1v) is 7.78. The molecule has 3 aromatic rings. The molecule has 3 rings (SSSR count). The monoisotopic (exact) mass is 361 g/mol. The summed E-state index contributed by atoms with van der Waals surface area (Å²) >= 11 is 5.84. The standard InChI is InChI=1S/C17H13ClFN3O3/c18-13-10-11(19)3-4-12(13)17(24)20-7-8-22-16(23)6-5-14(21-22)15-2-1-9-25-15/h1-6,9-10H,7-8H2,(H,20,24).